The van der Waals surface area contributed by atoms with Crippen LogP contribution in [0.1, 0.15) is 187 Å². The van der Waals surface area contributed by atoms with Gasteiger partial charge in [-0.2, -0.15) is 0 Å². The maximum Gasteiger partial charge on any atom is 0.251 e. The molecule has 0 saturated heterocycles. The van der Waals surface area contributed by atoms with Gasteiger partial charge in [0.05, 0.1) is 6.61 Å². The number of rotatable bonds is 31. The van der Waals surface area contributed by atoms with E-state index in [0.29, 0.717) is 0 Å². The van der Waals surface area contributed by atoms with Gasteiger partial charge in [-0.3, -0.25) is 0 Å². The Morgan fingerprint density at radius 3 is 0.886 bits per heavy atom. The first-order chi connectivity index (χ1) is 17.3. The minimum Gasteiger partial charge on any atom is -0.326 e. The molecule has 0 fully saturated rings. The largest absolute Gasteiger partial charge is 0.326 e. The van der Waals surface area contributed by atoms with Crippen molar-refractivity contribution in [3.05, 3.63) is 0 Å². The summed E-state index contributed by atoms with van der Waals surface area (Å²) in [7, 11) is 0. The van der Waals surface area contributed by atoms with Gasteiger partial charge in [-0.25, -0.2) is 3.62 Å². The molecule has 1 unspecified atom stereocenters. The van der Waals surface area contributed by atoms with E-state index in [9.17, 15) is 0 Å². The summed E-state index contributed by atoms with van der Waals surface area (Å²) in [5, 5.41) is 0. The van der Waals surface area contributed by atoms with Crippen LogP contribution in [0.15, 0.2) is 0 Å². The lowest BCUT2D eigenvalue weighted by atomic mass is 10.0. The van der Waals surface area contributed by atoms with Crippen LogP contribution in [0, 0.1) is 0 Å². The van der Waals surface area contributed by atoms with Crippen LogP contribution >= 0.6 is 44.3 Å². The number of halogens is 2. The highest BCUT2D eigenvalue weighted by atomic mass is 127. The third-order valence-electron chi connectivity index (χ3n) is 7.24. The Kier molecular flexibility index (Phi) is 35.1. The fourth-order valence-corrected chi connectivity index (χ4v) is 6.08. The lowest BCUT2D eigenvalue weighted by Gasteiger charge is -2.06. The molecule has 2 nitrogen and oxygen atoms in total. The molecular weight excluding hydrogens is 630 g/mol. The minimum absolute atomic E-state index is 0.742. The van der Waals surface area contributed by atoms with E-state index < -0.39 is 6.02 Å². The van der Waals surface area contributed by atoms with Crippen molar-refractivity contribution in [2.24, 2.45) is 0 Å². The standard InChI is InChI=1S/C30H61BrIO2P/c1-2-3-4-5-6-7-8-9-10-11-12-13-14-15-16-17-18-19-20-21-22-23-24-25-26-27-28-29-30-33-35(32)34-31/h2-30H2,1H3. The van der Waals surface area contributed by atoms with E-state index in [0.717, 1.165) is 13.0 Å². The highest BCUT2D eigenvalue weighted by Crippen LogP contribution is 2.49. The summed E-state index contributed by atoms with van der Waals surface area (Å²) in [6.07, 6.45) is 40.4. The molecule has 35 heavy (non-hydrogen) atoms. The fourth-order valence-electron chi connectivity index (χ4n) is 4.93. The molecule has 212 valence electrons. The molecule has 0 aliphatic rings. The zero-order valence-corrected chi connectivity index (χ0v) is 28.2. The predicted octanol–water partition coefficient (Wildman–Crippen LogP) is 13.9. The summed E-state index contributed by atoms with van der Waals surface area (Å²) in [4.78, 5) is 0. The van der Waals surface area contributed by atoms with Crippen molar-refractivity contribution in [1.29, 1.82) is 0 Å². The van der Waals surface area contributed by atoms with Crippen molar-refractivity contribution in [2.45, 2.75) is 187 Å². The van der Waals surface area contributed by atoms with E-state index >= 15 is 0 Å². The van der Waals surface area contributed by atoms with Gasteiger partial charge in [0, 0.05) is 22.0 Å². The predicted molar refractivity (Wildman–Crippen MR) is 172 cm³/mol. The SMILES string of the molecule is CCCCCCCCCCCCCCCCCCCCCCCCCCCCCCOP(I)OBr. The molecule has 0 N–H and O–H groups in total. The van der Waals surface area contributed by atoms with Gasteiger partial charge >= 0.3 is 0 Å². The van der Waals surface area contributed by atoms with Crippen LogP contribution in [0.5, 0.6) is 0 Å². The Hall–Kier alpha value is 1.56. The summed E-state index contributed by atoms with van der Waals surface area (Å²) in [5.41, 5.74) is 0. The lowest BCUT2D eigenvalue weighted by molar-refractivity contribution is 0.322. The second-order valence-electron chi connectivity index (χ2n) is 10.7. The normalized spacial score (nSPS) is 12.4. The Balaban J connectivity index is 3.02. The average Bonchev–Trinajstić information content (AvgIpc) is 2.87. The molecule has 5 heteroatoms. The van der Waals surface area contributed by atoms with Crippen LogP contribution in [-0.2, 0) is 8.14 Å². The maximum atomic E-state index is 5.53. The minimum atomic E-state index is -0.742. The monoisotopic (exact) mass is 690 g/mol. The Morgan fingerprint density at radius 2 is 0.657 bits per heavy atom. The number of hydrogen-bond acceptors (Lipinski definition) is 2. The third kappa shape index (κ3) is 33.5. The fraction of sp³-hybridized carbons (Fsp3) is 1.00. The lowest BCUT2D eigenvalue weighted by Crippen LogP contribution is -1.88. The molecule has 0 aromatic heterocycles. The number of hydrogen-bond donors (Lipinski definition) is 0. The van der Waals surface area contributed by atoms with Gasteiger partial charge in [-0.05, 0) is 6.42 Å². The molecule has 0 aromatic rings. The average molecular weight is 692 g/mol. The van der Waals surface area contributed by atoms with Crippen LogP contribution in [0.2, 0.25) is 0 Å². The molecule has 0 bridgehead atoms. The molecule has 0 rings (SSSR count). The van der Waals surface area contributed by atoms with Gasteiger partial charge in [0.2, 0.25) is 0 Å². The van der Waals surface area contributed by atoms with Crippen molar-refractivity contribution in [3.63, 3.8) is 0 Å². The first-order valence-electron chi connectivity index (χ1n) is 15.7. The molecule has 1 atom stereocenters. The van der Waals surface area contributed by atoms with E-state index in [1.165, 1.54) is 173 Å². The van der Waals surface area contributed by atoms with Gasteiger partial charge < -0.3 is 4.52 Å². The van der Waals surface area contributed by atoms with Crippen molar-refractivity contribution in [3.8, 4) is 0 Å². The molecule has 0 heterocycles. The van der Waals surface area contributed by atoms with Crippen LogP contribution in [0.3, 0.4) is 0 Å². The van der Waals surface area contributed by atoms with Crippen LogP contribution in [0.4, 0.5) is 0 Å². The molecule has 0 aliphatic heterocycles. The molecule has 0 saturated carbocycles. The molecular formula is C30H61BrIO2P. The van der Waals surface area contributed by atoms with Crippen molar-refractivity contribution >= 4 is 44.3 Å². The Bertz CT molecular complexity index is 376. The highest BCUT2D eigenvalue weighted by molar-refractivity contribution is 14.2. The molecule has 0 aromatic carbocycles. The zero-order chi connectivity index (χ0) is 25.5. The smallest absolute Gasteiger partial charge is 0.251 e. The van der Waals surface area contributed by atoms with Gasteiger partial charge in [-0.1, -0.05) is 180 Å². The first kappa shape index (κ1) is 36.6. The van der Waals surface area contributed by atoms with Gasteiger partial charge in [0.15, 0.2) is 0 Å². The van der Waals surface area contributed by atoms with Crippen molar-refractivity contribution < 1.29 is 8.14 Å². The molecule has 0 aliphatic carbocycles. The van der Waals surface area contributed by atoms with Crippen molar-refractivity contribution in [2.75, 3.05) is 6.61 Å². The maximum absolute atomic E-state index is 5.53. The van der Waals surface area contributed by atoms with E-state index in [-0.39, 0.29) is 0 Å². The van der Waals surface area contributed by atoms with Crippen molar-refractivity contribution in [1.82, 2.24) is 0 Å². The number of unbranched alkanes of at least 4 members (excludes halogenated alkanes) is 27. The summed E-state index contributed by atoms with van der Waals surface area (Å²) < 4.78 is 10.5. The van der Waals surface area contributed by atoms with Gasteiger partial charge in [0.1, 0.15) is 16.3 Å². The Morgan fingerprint density at radius 1 is 0.429 bits per heavy atom. The molecule has 0 radical (unpaired) electrons. The summed E-state index contributed by atoms with van der Waals surface area (Å²) in [5.74, 6) is 0. The van der Waals surface area contributed by atoms with Crippen LogP contribution in [0.25, 0.3) is 0 Å². The third-order valence-corrected chi connectivity index (χ3v) is 11.6. The highest BCUT2D eigenvalue weighted by Gasteiger charge is 2.02. The van der Waals surface area contributed by atoms with Gasteiger partial charge in [0.25, 0.3) is 6.02 Å². The second kappa shape index (κ2) is 33.6. The zero-order valence-electron chi connectivity index (χ0n) is 23.5. The molecule has 0 spiro atoms. The van der Waals surface area contributed by atoms with Gasteiger partial charge in [-0.15, -0.1) is 0 Å². The van der Waals surface area contributed by atoms with E-state index in [4.69, 9.17) is 8.14 Å². The first-order valence-corrected chi connectivity index (χ1v) is 20.3. The van der Waals surface area contributed by atoms with E-state index in [1.807, 2.05) is 0 Å². The quantitative estimate of drug-likeness (QED) is 0.0409. The molecule has 0 amide bonds. The summed E-state index contributed by atoms with van der Waals surface area (Å²) in [6.45, 7) is 3.14. The summed E-state index contributed by atoms with van der Waals surface area (Å²) in [6, 6.07) is -0.742. The van der Waals surface area contributed by atoms with Crippen LogP contribution < -0.4 is 0 Å². The van der Waals surface area contributed by atoms with E-state index in [1.54, 1.807) is 0 Å². The van der Waals surface area contributed by atoms with Crippen LogP contribution in [-0.4, -0.2) is 6.61 Å². The topological polar surface area (TPSA) is 18.5 Å². The second-order valence-corrected chi connectivity index (χ2v) is 14.7. The summed E-state index contributed by atoms with van der Waals surface area (Å²) >= 11 is 5.17. The Labute approximate surface area is 244 Å². The van der Waals surface area contributed by atoms with E-state index in [2.05, 4.69) is 45.2 Å².